The molecule has 2 nitrogen and oxygen atoms in total. The van der Waals surface area contributed by atoms with Crippen LogP contribution >= 0.6 is 11.3 Å². The second-order valence-corrected chi connectivity index (χ2v) is 5.54. The van der Waals surface area contributed by atoms with Crippen molar-refractivity contribution < 1.29 is 14.3 Å². The Balaban J connectivity index is 2.38. The van der Waals surface area contributed by atoms with Crippen LogP contribution in [0.15, 0.2) is 61.2 Å². The van der Waals surface area contributed by atoms with Crippen LogP contribution in [0.3, 0.4) is 0 Å². The summed E-state index contributed by atoms with van der Waals surface area (Å²) in [5.41, 5.74) is 2.95. The summed E-state index contributed by atoms with van der Waals surface area (Å²) >= 11 is 0.642. The van der Waals surface area contributed by atoms with Gasteiger partial charge in [-0.05, 0) is 29.7 Å². The van der Waals surface area contributed by atoms with Crippen molar-refractivity contribution in [3.63, 3.8) is 0 Å². The Bertz CT molecular complexity index is 752. The molecular weight excluding hydrogens is 299 g/mol. The molecule has 0 aliphatic rings. The van der Waals surface area contributed by atoms with Crippen molar-refractivity contribution in [2.75, 3.05) is 0 Å². The number of thiophene rings is 1. The number of carbonyl (C=O) groups is 1. The van der Waals surface area contributed by atoms with Gasteiger partial charge in [0, 0.05) is 5.56 Å². The lowest BCUT2D eigenvalue weighted by Gasteiger charge is -2.04. The average Bonchev–Trinajstić information content (AvgIpc) is 2.89. The molecule has 2 aromatic rings. The maximum Gasteiger partial charge on any atom is 0.345 e. The van der Waals surface area contributed by atoms with E-state index in [9.17, 15) is 9.18 Å². The highest BCUT2D eigenvalue weighted by Gasteiger charge is 2.15. The van der Waals surface area contributed by atoms with Gasteiger partial charge in [-0.25, -0.2) is 4.79 Å². The molecule has 0 saturated heterocycles. The van der Waals surface area contributed by atoms with Gasteiger partial charge in [0.05, 0.1) is 0 Å². The number of halogens is 1. The van der Waals surface area contributed by atoms with Crippen molar-refractivity contribution >= 4 is 22.9 Å². The van der Waals surface area contributed by atoms with Crippen molar-refractivity contribution in [3.05, 3.63) is 76.8 Å². The second-order valence-electron chi connectivity index (χ2n) is 4.54. The Morgan fingerprint density at radius 3 is 2.50 bits per heavy atom. The highest BCUT2D eigenvalue weighted by atomic mass is 32.1. The zero-order valence-electron chi connectivity index (χ0n) is 12.0. The molecule has 0 spiro atoms. The quantitative estimate of drug-likeness (QED) is 0.750. The SMILES string of the molecule is C=C/C=C(\C=C/C)c1ccc(-c2cc(C(=O)O)sc2F)cc1. The molecule has 0 unspecified atom stereocenters. The predicted octanol–water partition coefficient (Wildman–Crippen LogP) is 5.40. The molecule has 2 rings (SSSR count). The lowest BCUT2D eigenvalue weighted by Crippen LogP contribution is -1.90. The van der Waals surface area contributed by atoms with Crippen molar-refractivity contribution in [2.24, 2.45) is 0 Å². The summed E-state index contributed by atoms with van der Waals surface area (Å²) in [5.74, 6) is -1.11. The summed E-state index contributed by atoms with van der Waals surface area (Å²) in [6.45, 7) is 5.62. The van der Waals surface area contributed by atoms with Gasteiger partial charge in [0.2, 0.25) is 0 Å². The van der Waals surface area contributed by atoms with Gasteiger partial charge in [0.1, 0.15) is 4.88 Å². The minimum atomic E-state index is -1.11. The standard InChI is InChI=1S/C18H15FO2S/c1-3-5-12(6-4-2)13-7-9-14(10-8-13)15-11-16(18(20)21)22-17(15)19/h3-11H,1H2,2H3,(H,20,21)/b6-4-,12-5+. The fraction of sp³-hybridized carbons (Fsp3) is 0.0556. The van der Waals surface area contributed by atoms with E-state index in [-0.39, 0.29) is 4.88 Å². The van der Waals surface area contributed by atoms with E-state index in [2.05, 4.69) is 6.58 Å². The Morgan fingerprint density at radius 1 is 1.32 bits per heavy atom. The molecule has 0 radical (unpaired) electrons. The van der Waals surface area contributed by atoms with Gasteiger partial charge in [0.15, 0.2) is 5.13 Å². The minimum Gasteiger partial charge on any atom is -0.477 e. The van der Waals surface area contributed by atoms with Gasteiger partial charge in [-0.1, -0.05) is 66.5 Å². The molecule has 22 heavy (non-hydrogen) atoms. The van der Waals surface area contributed by atoms with E-state index < -0.39 is 11.1 Å². The van der Waals surface area contributed by atoms with Crippen LogP contribution < -0.4 is 0 Å². The molecule has 112 valence electrons. The zero-order chi connectivity index (χ0) is 16.1. The molecule has 0 aliphatic heterocycles. The highest BCUT2D eigenvalue weighted by Crippen LogP contribution is 2.31. The first-order valence-corrected chi connectivity index (χ1v) is 7.47. The third kappa shape index (κ3) is 3.40. The van der Waals surface area contributed by atoms with Crippen LogP contribution in [0.4, 0.5) is 4.39 Å². The molecule has 4 heteroatoms. The van der Waals surface area contributed by atoms with Crippen LogP contribution in [0.1, 0.15) is 22.2 Å². The summed E-state index contributed by atoms with van der Waals surface area (Å²) in [4.78, 5) is 10.9. The molecule has 1 aromatic heterocycles. The van der Waals surface area contributed by atoms with Crippen LogP contribution in [0.2, 0.25) is 0 Å². The highest BCUT2D eigenvalue weighted by molar-refractivity contribution is 7.12. The fourth-order valence-corrected chi connectivity index (χ4v) is 2.81. The van der Waals surface area contributed by atoms with Crippen LogP contribution in [-0.2, 0) is 0 Å². The summed E-state index contributed by atoms with van der Waals surface area (Å²) in [7, 11) is 0. The largest absolute Gasteiger partial charge is 0.477 e. The fourth-order valence-electron chi connectivity index (χ4n) is 2.07. The molecule has 0 atom stereocenters. The second kappa shape index (κ2) is 7.00. The van der Waals surface area contributed by atoms with Crippen molar-refractivity contribution in [2.45, 2.75) is 6.92 Å². The lowest BCUT2D eigenvalue weighted by atomic mass is 10.0. The third-order valence-corrected chi connectivity index (χ3v) is 3.98. The first-order valence-electron chi connectivity index (χ1n) is 6.65. The smallest absolute Gasteiger partial charge is 0.345 e. The Kier molecular flexibility index (Phi) is 5.07. The molecule has 0 amide bonds. The first-order chi connectivity index (χ1) is 10.6. The van der Waals surface area contributed by atoms with Crippen molar-refractivity contribution in [3.8, 4) is 11.1 Å². The lowest BCUT2D eigenvalue weighted by molar-refractivity contribution is 0.0702. The average molecular weight is 314 g/mol. The topological polar surface area (TPSA) is 37.3 Å². The van der Waals surface area contributed by atoms with Crippen molar-refractivity contribution in [1.82, 2.24) is 0 Å². The molecule has 0 aliphatic carbocycles. The van der Waals surface area contributed by atoms with Gasteiger partial charge in [-0.3, -0.25) is 0 Å². The van der Waals surface area contributed by atoms with Crippen LogP contribution in [0.5, 0.6) is 0 Å². The molecule has 1 heterocycles. The van der Waals surface area contributed by atoms with E-state index in [0.717, 1.165) is 11.1 Å². The number of rotatable bonds is 5. The summed E-state index contributed by atoms with van der Waals surface area (Å²) in [5, 5.41) is 8.44. The summed E-state index contributed by atoms with van der Waals surface area (Å²) in [6, 6.07) is 8.69. The Labute approximate surface area is 132 Å². The monoisotopic (exact) mass is 314 g/mol. The van der Waals surface area contributed by atoms with E-state index in [1.165, 1.54) is 6.07 Å². The number of hydrogen-bond acceptors (Lipinski definition) is 2. The molecule has 1 aromatic carbocycles. The van der Waals surface area contributed by atoms with Crippen LogP contribution in [-0.4, -0.2) is 11.1 Å². The normalized spacial score (nSPS) is 11.8. The maximum absolute atomic E-state index is 13.9. The predicted molar refractivity (Wildman–Crippen MR) is 89.7 cm³/mol. The molecular formula is C18H15FO2S. The number of carboxylic acids is 1. The van der Waals surface area contributed by atoms with Crippen LogP contribution in [0, 0.1) is 5.13 Å². The zero-order valence-corrected chi connectivity index (χ0v) is 12.9. The van der Waals surface area contributed by atoms with Gasteiger partial charge >= 0.3 is 5.97 Å². The van der Waals surface area contributed by atoms with E-state index in [1.54, 1.807) is 18.2 Å². The maximum atomic E-state index is 13.9. The number of aromatic carboxylic acids is 1. The van der Waals surface area contributed by atoms with Crippen molar-refractivity contribution in [1.29, 1.82) is 0 Å². The summed E-state index contributed by atoms with van der Waals surface area (Å²) in [6.07, 6.45) is 7.49. The molecule has 0 saturated carbocycles. The van der Waals surface area contributed by atoms with E-state index in [4.69, 9.17) is 5.11 Å². The number of benzene rings is 1. The number of allylic oxidation sites excluding steroid dienone is 5. The van der Waals surface area contributed by atoms with E-state index >= 15 is 0 Å². The Hall–Kier alpha value is -2.46. The molecule has 0 bridgehead atoms. The van der Waals surface area contributed by atoms with Gasteiger partial charge in [-0.15, -0.1) is 0 Å². The van der Waals surface area contributed by atoms with Gasteiger partial charge < -0.3 is 5.11 Å². The summed E-state index contributed by atoms with van der Waals surface area (Å²) < 4.78 is 13.9. The van der Waals surface area contributed by atoms with E-state index in [1.807, 2.05) is 37.3 Å². The van der Waals surface area contributed by atoms with Crippen LogP contribution in [0.25, 0.3) is 16.7 Å². The van der Waals surface area contributed by atoms with Gasteiger partial charge in [-0.2, -0.15) is 4.39 Å². The van der Waals surface area contributed by atoms with Gasteiger partial charge in [0.25, 0.3) is 0 Å². The first kappa shape index (κ1) is 15.9. The number of carboxylic acid groups (broad SMARTS) is 1. The molecule has 0 fully saturated rings. The number of hydrogen-bond donors (Lipinski definition) is 1. The minimum absolute atomic E-state index is 0.00210. The molecule has 1 N–H and O–H groups in total. The Morgan fingerprint density at radius 2 is 2.00 bits per heavy atom. The van der Waals surface area contributed by atoms with E-state index in [0.29, 0.717) is 22.5 Å². The third-order valence-electron chi connectivity index (χ3n) is 3.07.